The highest BCUT2D eigenvalue weighted by Gasteiger charge is 2.53. The van der Waals surface area contributed by atoms with Gasteiger partial charge in [0.2, 0.25) is 0 Å². The molecule has 1 heterocycles. The van der Waals surface area contributed by atoms with Crippen molar-refractivity contribution in [3.8, 4) is 11.1 Å². The summed E-state index contributed by atoms with van der Waals surface area (Å²) in [5, 5.41) is 8.93. The Labute approximate surface area is 275 Å². The van der Waals surface area contributed by atoms with Gasteiger partial charge in [-0.05, 0) is 102 Å². The lowest BCUT2D eigenvalue weighted by molar-refractivity contribution is 0.543. The third-order valence-corrected chi connectivity index (χ3v) is 11.1. The summed E-state index contributed by atoms with van der Waals surface area (Å²) in [6, 6.07) is 56.4. The maximum absolute atomic E-state index is 3.82. The van der Waals surface area contributed by atoms with Gasteiger partial charge < -0.3 is 5.32 Å². The average Bonchev–Trinajstić information content (AvgIpc) is 3.40. The second-order valence-corrected chi connectivity index (χ2v) is 13.7. The van der Waals surface area contributed by atoms with Crippen LogP contribution in [0, 0.1) is 0 Å². The van der Waals surface area contributed by atoms with Crippen molar-refractivity contribution >= 4 is 38.5 Å². The van der Waals surface area contributed by atoms with Crippen LogP contribution in [0.15, 0.2) is 169 Å². The molecule has 2 aliphatic carbocycles. The molecule has 1 spiro atoms. The number of rotatable bonds is 2. The van der Waals surface area contributed by atoms with Gasteiger partial charge >= 0.3 is 0 Å². The number of fused-ring (bicyclic) bond motifs is 10. The summed E-state index contributed by atoms with van der Waals surface area (Å²) >= 11 is 0. The highest BCUT2D eigenvalue weighted by molar-refractivity contribution is 5.97. The number of anilines is 2. The number of para-hydroxylation sites is 2. The lowest BCUT2D eigenvalue weighted by Gasteiger charge is -2.44. The van der Waals surface area contributed by atoms with Gasteiger partial charge in [0.25, 0.3) is 0 Å². The van der Waals surface area contributed by atoms with Gasteiger partial charge in [0, 0.05) is 16.8 Å². The highest BCUT2D eigenvalue weighted by atomic mass is 14.9. The van der Waals surface area contributed by atoms with E-state index in [-0.39, 0.29) is 5.41 Å². The molecule has 0 saturated carbocycles. The van der Waals surface area contributed by atoms with Crippen molar-refractivity contribution in [2.75, 3.05) is 5.32 Å². The molecule has 47 heavy (non-hydrogen) atoms. The van der Waals surface area contributed by atoms with Crippen LogP contribution in [-0.4, -0.2) is 0 Å². The molecule has 1 aliphatic heterocycles. The number of benzene rings is 7. The van der Waals surface area contributed by atoms with Crippen LogP contribution >= 0.6 is 0 Å². The second kappa shape index (κ2) is 9.67. The zero-order valence-electron chi connectivity index (χ0n) is 26.3. The Kier molecular flexibility index (Phi) is 5.46. The standard InChI is InChI=1S/C46H33N/c1-45(36-22-20-31-11-3-5-13-33(31)27-36)25-24-38-37-23-21-35(34-19-18-30-10-2-4-12-32(30)26-34)28-41(37)46(42(38)29-45)39-14-6-8-16-43(39)47-44-17-9-7-15-40(44)46/h2-28,47H,29H2,1H3. The third kappa shape index (κ3) is 3.71. The van der Waals surface area contributed by atoms with E-state index in [9.17, 15) is 0 Å². The van der Waals surface area contributed by atoms with Crippen LogP contribution in [0.4, 0.5) is 11.4 Å². The van der Waals surface area contributed by atoms with E-state index in [1.54, 1.807) is 0 Å². The van der Waals surface area contributed by atoms with Crippen LogP contribution in [0.5, 0.6) is 0 Å². The Morgan fingerprint density at radius 1 is 0.511 bits per heavy atom. The molecular formula is C46H33N. The van der Waals surface area contributed by atoms with Crippen LogP contribution in [0.2, 0.25) is 0 Å². The number of hydrogen-bond acceptors (Lipinski definition) is 1. The molecule has 10 rings (SSSR count). The minimum absolute atomic E-state index is 0.159. The molecule has 0 radical (unpaired) electrons. The molecule has 7 aromatic rings. The van der Waals surface area contributed by atoms with E-state index in [0.717, 1.165) is 6.42 Å². The fourth-order valence-electron chi connectivity index (χ4n) is 8.76. The summed E-state index contributed by atoms with van der Waals surface area (Å²) in [4.78, 5) is 0. The topological polar surface area (TPSA) is 12.0 Å². The Morgan fingerprint density at radius 2 is 1.09 bits per heavy atom. The summed E-state index contributed by atoms with van der Waals surface area (Å²) < 4.78 is 0. The normalized spacial score (nSPS) is 18.5. The predicted octanol–water partition coefficient (Wildman–Crippen LogP) is 11.7. The van der Waals surface area contributed by atoms with Crippen molar-refractivity contribution in [2.45, 2.75) is 24.2 Å². The van der Waals surface area contributed by atoms with Gasteiger partial charge in [-0.3, -0.25) is 0 Å². The molecule has 1 unspecified atom stereocenters. The minimum Gasteiger partial charge on any atom is -0.355 e. The number of nitrogens with one attached hydrogen (secondary N) is 1. The van der Waals surface area contributed by atoms with E-state index in [1.165, 1.54) is 83.0 Å². The van der Waals surface area contributed by atoms with Crippen molar-refractivity contribution < 1.29 is 0 Å². The van der Waals surface area contributed by atoms with E-state index in [2.05, 4.69) is 176 Å². The van der Waals surface area contributed by atoms with Crippen LogP contribution in [0.25, 0.3) is 38.2 Å². The molecule has 0 saturated heterocycles. The van der Waals surface area contributed by atoms with Crippen molar-refractivity contribution in [3.05, 3.63) is 197 Å². The smallest absolute Gasteiger partial charge is 0.0717 e. The number of hydrogen-bond donors (Lipinski definition) is 1. The molecule has 1 atom stereocenters. The first-order valence-corrected chi connectivity index (χ1v) is 16.6. The van der Waals surface area contributed by atoms with Gasteiger partial charge in [-0.15, -0.1) is 0 Å². The molecule has 222 valence electrons. The largest absolute Gasteiger partial charge is 0.355 e. The van der Waals surface area contributed by atoms with E-state index in [1.807, 2.05) is 0 Å². The molecule has 0 aromatic heterocycles. The summed E-state index contributed by atoms with van der Waals surface area (Å²) in [5.74, 6) is 0. The quantitative estimate of drug-likeness (QED) is 0.208. The van der Waals surface area contributed by atoms with Crippen LogP contribution in [0.3, 0.4) is 0 Å². The molecule has 1 N–H and O–H groups in total. The zero-order valence-corrected chi connectivity index (χ0v) is 26.3. The molecule has 7 aromatic carbocycles. The minimum atomic E-state index is -0.418. The molecule has 0 amide bonds. The SMILES string of the molecule is CC1(c2ccc3ccccc3c2)C=CC2=C(C1)C1(c3ccccc3Nc3ccccc31)c1cc(-c3ccc4ccccc4c3)ccc12. The average molecular weight is 600 g/mol. The Bertz CT molecular complexity index is 2450. The van der Waals surface area contributed by atoms with Gasteiger partial charge in [0.1, 0.15) is 0 Å². The molecule has 3 aliphatic rings. The fourth-order valence-corrected chi connectivity index (χ4v) is 8.76. The first-order valence-electron chi connectivity index (χ1n) is 16.6. The first kappa shape index (κ1) is 26.5. The van der Waals surface area contributed by atoms with Gasteiger partial charge in [0.15, 0.2) is 0 Å². The first-order chi connectivity index (χ1) is 23.1. The maximum atomic E-state index is 3.82. The van der Waals surface area contributed by atoms with Crippen LogP contribution in [0.1, 0.15) is 41.2 Å². The van der Waals surface area contributed by atoms with E-state index >= 15 is 0 Å². The Morgan fingerprint density at radius 3 is 1.81 bits per heavy atom. The third-order valence-electron chi connectivity index (χ3n) is 11.1. The van der Waals surface area contributed by atoms with Crippen molar-refractivity contribution in [1.82, 2.24) is 0 Å². The summed E-state index contributed by atoms with van der Waals surface area (Å²) in [7, 11) is 0. The molecule has 1 heteroatoms. The summed E-state index contributed by atoms with van der Waals surface area (Å²) in [5.41, 5.74) is 13.9. The Hall–Kier alpha value is -5.66. The van der Waals surface area contributed by atoms with Crippen LogP contribution in [-0.2, 0) is 10.8 Å². The van der Waals surface area contributed by atoms with E-state index in [4.69, 9.17) is 0 Å². The maximum Gasteiger partial charge on any atom is 0.0717 e. The molecule has 0 bridgehead atoms. The lowest BCUT2D eigenvalue weighted by Crippen LogP contribution is -2.37. The van der Waals surface area contributed by atoms with Gasteiger partial charge in [-0.1, -0.05) is 146 Å². The van der Waals surface area contributed by atoms with Crippen LogP contribution < -0.4 is 5.32 Å². The van der Waals surface area contributed by atoms with Gasteiger partial charge in [-0.2, -0.15) is 0 Å². The molecular weight excluding hydrogens is 567 g/mol. The van der Waals surface area contributed by atoms with E-state index in [0.29, 0.717) is 0 Å². The number of allylic oxidation sites excluding steroid dienone is 4. The lowest BCUT2D eigenvalue weighted by atomic mass is 9.60. The van der Waals surface area contributed by atoms with Crippen molar-refractivity contribution in [3.63, 3.8) is 0 Å². The molecule has 1 nitrogen and oxygen atoms in total. The van der Waals surface area contributed by atoms with Crippen molar-refractivity contribution in [1.29, 1.82) is 0 Å². The zero-order chi connectivity index (χ0) is 31.2. The monoisotopic (exact) mass is 599 g/mol. The second-order valence-electron chi connectivity index (χ2n) is 13.7. The Balaban J connectivity index is 1.23. The van der Waals surface area contributed by atoms with Crippen molar-refractivity contribution in [2.24, 2.45) is 0 Å². The summed E-state index contributed by atoms with van der Waals surface area (Å²) in [6.07, 6.45) is 5.83. The van der Waals surface area contributed by atoms with Gasteiger partial charge in [0.05, 0.1) is 5.41 Å². The summed E-state index contributed by atoms with van der Waals surface area (Å²) in [6.45, 7) is 2.42. The highest BCUT2D eigenvalue weighted by Crippen LogP contribution is 2.63. The van der Waals surface area contributed by atoms with Gasteiger partial charge in [-0.25, -0.2) is 0 Å². The molecule has 0 fully saturated rings. The fraction of sp³-hybridized carbons (Fsp3) is 0.0870. The van der Waals surface area contributed by atoms with E-state index < -0.39 is 5.41 Å². The predicted molar refractivity (Wildman–Crippen MR) is 197 cm³/mol.